The molecule has 1 aliphatic carbocycles. The zero-order valence-electron chi connectivity index (χ0n) is 7.04. The zero-order valence-corrected chi connectivity index (χ0v) is 7.04. The second kappa shape index (κ2) is 3.56. The van der Waals surface area contributed by atoms with Gasteiger partial charge >= 0.3 is 5.97 Å². The molecule has 0 aromatic carbocycles. The van der Waals surface area contributed by atoms with Crippen LogP contribution in [0, 0.1) is 5.92 Å². The topological polar surface area (TPSA) is 66.4 Å². The first-order chi connectivity index (χ1) is 5.61. The molecule has 4 heteroatoms. The fourth-order valence-corrected chi connectivity index (χ4v) is 1.69. The average Bonchev–Trinajstić information content (AvgIpc) is 2.33. The molecule has 0 bridgehead atoms. The van der Waals surface area contributed by atoms with Crippen molar-refractivity contribution in [2.24, 2.45) is 5.92 Å². The second-order valence-electron chi connectivity index (χ2n) is 3.18. The van der Waals surface area contributed by atoms with Gasteiger partial charge in [-0.2, -0.15) is 0 Å². The predicted octanol–water partition coefficient (Wildman–Crippen LogP) is 0.376. The van der Waals surface area contributed by atoms with E-state index in [0.29, 0.717) is 6.42 Å². The lowest BCUT2D eigenvalue weighted by Crippen LogP contribution is -2.38. The van der Waals surface area contributed by atoms with E-state index in [4.69, 9.17) is 5.11 Å². The summed E-state index contributed by atoms with van der Waals surface area (Å²) in [7, 11) is 0. The molecule has 2 N–H and O–H groups in total. The molecule has 0 aliphatic heterocycles. The van der Waals surface area contributed by atoms with Gasteiger partial charge in [-0.15, -0.1) is 0 Å². The second-order valence-corrected chi connectivity index (χ2v) is 3.18. The van der Waals surface area contributed by atoms with Crippen molar-refractivity contribution < 1.29 is 14.7 Å². The SMILES string of the molecule is CC(=O)N[C@@H]1CCC[C@@H]1C(=O)O. The number of hydrogen-bond acceptors (Lipinski definition) is 2. The van der Waals surface area contributed by atoms with Gasteiger partial charge in [-0.3, -0.25) is 9.59 Å². The van der Waals surface area contributed by atoms with E-state index in [2.05, 4.69) is 5.32 Å². The summed E-state index contributed by atoms with van der Waals surface area (Å²) in [6.07, 6.45) is 2.36. The summed E-state index contributed by atoms with van der Waals surface area (Å²) in [5.41, 5.74) is 0. The van der Waals surface area contributed by atoms with Crippen LogP contribution in [0.4, 0.5) is 0 Å². The number of amides is 1. The largest absolute Gasteiger partial charge is 0.481 e. The Balaban J connectivity index is 2.52. The highest BCUT2D eigenvalue weighted by molar-refractivity contribution is 5.76. The van der Waals surface area contributed by atoms with Crippen molar-refractivity contribution in [3.8, 4) is 0 Å². The number of carboxylic acid groups (broad SMARTS) is 1. The molecule has 1 rings (SSSR count). The number of rotatable bonds is 2. The van der Waals surface area contributed by atoms with Crippen molar-refractivity contribution in [3.05, 3.63) is 0 Å². The number of carbonyl (C=O) groups excluding carboxylic acids is 1. The molecule has 0 heterocycles. The Bertz CT molecular complexity index is 202. The fraction of sp³-hybridized carbons (Fsp3) is 0.750. The van der Waals surface area contributed by atoms with E-state index >= 15 is 0 Å². The fourth-order valence-electron chi connectivity index (χ4n) is 1.69. The number of carbonyl (C=O) groups is 2. The first kappa shape index (κ1) is 9.03. The molecule has 68 valence electrons. The Morgan fingerprint density at radius 2 is 2.08 bits per heavy atom. The van der Waals surface area contributed by atoms with E-state index in [0.717, 1.165) is 12.8 Å². The summed E-state index contributed by atoms with van der Waals surface area (Å²) >= 11 is 0. The van der Waals surface area contributed by atoms with Crippen molar-refractivity contribution in [1.82, 2.24) is 5.32 Å². The molecule has 1 amide bonds. The normalized spacial score (nSPS) is 28.4. The van der Waals surface area contributed by atoms with Gasteiger partial charge in [0.25, 0.3) is 0 Å². The van der Waals surface area contributed by atoms with Crippen LogP contribution >= 0.6 is 0 Å². The Hall–Kier alpha value is -1.06. The summed E-state index contributed by atoms with van der Waals surface area (Å²) in [4.78, 5) is 21.3. The van der Waals surface area contributed by atoms with Gasteiger partial charge in [0, 0.05) is 13.0 Å². The lowest BCUT2D eigenvalue weighted by Gasteiger charge is -2.15. The highest BCUT2D eigenvalue weighted by atomic mass is 16.4. The molecular formula is C8H13NO3. The maximum atomic E-state index is 10.7. The van der Waals surface area contributed by atoms with Crippen LogP contribution in [0.1, 0.15) is 26.2 Å². The number of hydrogen-bond donors (Lipinski definition) is 2. The number of nitrogens with one attached hydrogen (secondary N) is 1. The number of carboxylic acids is 1. The molecule has 4 nitrogen and oxygen atoms in total. The van der Waals surface area contributed by atoms with E-state index in [1.807, 2.05) is 0 Å². The summed E-state index contributed by atoms with van der Waals surface area (Å²) < 4.78 is 0. The van der Waals surface area contributed by atoms with Crippen LogP contribution in [-0.4, -0.2) is 23.0 Å². The van der Waals surface area contributed by atoms with Crippen molar-refractivity contribution in [3.63, 3.8) is 0 Å². The maximum absolute atomic E-state index is 10.7. The summed E-state index contributed by atoms with van der Waals surface area (Å²) in [5.74, 6) is -1.33. The van der Waals surface area contributed by atoms with Crippen LogP contribution in [0.25, 0.3) is 0 Å². The zero-order chi connectivity index (χ0) is 9.14. The molecule has 12 heavy (non-hydrogen) atoms. The van der Waals surface area contributed by atoms with Gasteiger partial charge in [0.2, 0.25) is 5.91 Å². The molecule has 1 aliphatic rings. The van der Waals surface area contributed by atoms with Gasteiger partial charge in [0.1, 0.15) is 0 Å². The molecule has 0 radical (unpaired) electrons. The monoisotopic (exact) mass is 171 g/mol. The van der Waals surface area contributed by atoms with Crippen molar-refractivity contribution in [2.75, 3.05) is 0 Å². The first-order valence-electron chi connectivity index (χ1n) is 4.11. The van der Waals surface area contributed by atoms with Crippen LogP contribution < -0.4 is 5.32 Å². The van der Waals surface area contributed by atoms with Crippen molar-refractivity contribution in [1.29, 1.82) is 0 Å². The summed E-state index contributed by atoms with van der Waals surface area (Å²) in [6.45, 7) is 1.41. The van der Waals surface area contributed by atoms with Gasteiger partial charge in [0.15, 0.2) is 0 Å². The summed E-state index contributed by atoms with van der Waals surface area (Å²) in [6, 6.07) is -0.153. The third-order valence-corrected chi connectivity index (χ3v) is 2.22. The highest BCUT2D eigenvalue weighted by Gasteiger charge is 2.33. The Labute approximate surface area is 71.0 Å². The van der Waals surface area contributed by atoms with Gasteiger partial charge < -0.3 is 10.4 Å². The molecule has 0 saturated heterocycles. The third-order valence-electron chi connectivity index (χ3n) is 2.22. The lowest BCUT2D eigenvalue weighted by atomic mass is 10.0. The number of aliphatic carboxylic acids is 1. The smallest absolute Gasteiger partial charge is 0.308 e. The minimum atomic E-state index is -0.800. The van der Waals surface area contributed by atoms with E-state index in [-0.39, 0.29) is 17.9 Å². The lowest BCUT2D eigenvalue weighted by molar-refractivity contribution is -0.142. The van der Waals surface area contributed by atoms with Crippen LogP contribution in [-0.2, 0) is 9.59 Å². The average molecular weight is 171 g/mol. The maximum Gasteiger partial charge on any atom is 0.308 e. The predicted molar refractivity (Wildman–Crippen MR) is 42.6 cm³/mol. The van der Waals surface area contributed by atoms with Crippen LogP contribution in [0.3, 0.4) is 0 Å². The van der Waals surface area contributed by atoms with Crippen molar-refractivity contribution >= 4 is 11.9 Å². The molecule has 1 fully saturated rings. The molecule has 0 aromatic heterocycles. The Morgan fingerprint density at radius 1 is 1.42 bits per heavy atom. The van der Waals surface area contributed by atoms with Gasteiger partial charge in [-0.05, 0) is 12.8 Å². The minimum absolute atomic E-state index is 0.145. The highest BCUT2D eigenvalue weighted by Crippen LogP contribution is 2.25. The van der Waals surface area contributed by atoms with E-state index in [9.17, 15) is 9.59 Å². The van der Waals surface area contributed by atoms with E-state index < -0.39 is 5.97 Å². The van der Waals surface area contributed by atoms with Crippen molar-refractivity contribution in [2.45, 2.75) is 32.2 Å². The summed E-state index contributed by atoms with van der Waals surface area (Å²) in [5, 5.41) is 11.4. The molecule has 1 saturated carbocycles. The molecular weight excluding hydrogens is 158 g/mol. The van der Waals surface area contributed by atoms with Crippen LogP contribution in [0.2, 0.25) is 0 Å². The van der Waals surface area contributed by atoms with Gasteiger partial charge in [-0.1, -0.05) is 6.42 Å². The van der Waals surface area contributed by atoms with E-state index in [1.165, 1.54) is 6.92 Å². The van der Waals surface area contributed by atoms with Gasteiger partial charge in [0.05, 0.1) is 5.92 Å². The molecule has 0 unspecified atom stereocenters. The Kier molecular flexibility index (Phi) is 2.68. The van der Waals surface area contributed by atoms with Gasteiger partial charge in [-0.25, -0.2) is 0 Å². The third kappa shape index (κ3) is 1.96. The van der Waals surface area contributed by atoms with E-state index in [1.54, 1.807) is 0 Å². The molecule has 0 aromatic rings. The molecule has 2 atom stereocenters. The van der Waals surface area contributed by atoms with Crippen LogP contribution in [0.15, 0.2) is 0 Å². The minimum Gasteiger partial charge on any atom is -0.481 e. The molecule has 0 spiro atoms. The standard InChI is InChI=1S/C8H13NO3/c1-5(10)9-7-4-2-3-6(7)8(11)12/h6-7H,2-4H2,1H3,(H,9,10)(H,11,12)/t6-,7+/m0/s1. The Morgan fingerprint density at radius 3 is 2.58 bits per heavy atom. The first-order valence-corrected chi connectivity index (χ1v) is 4.11. The quantitative estimate of drug-likeness (QED) is 0.631. The van der Waals surface area contributed by atoms with Crippen LogP contribution in [0.5, 0.6) is 0 Å².